The summed E-state index contributed by atoms with van der Waals surface area (Å²) in [6, 6.07) is 50.5. The van der Waals surface area contributed by atoms with Gasteiger partial charge in [-0.15, -0.1) is 0 Å². The number of H-pyrrole nitrogens is 2. The highest BCUT2D eigenvalue weighted by Gasteiger charge is 2.25. The van der Waals surface area contributed by atoms with Gasteiger partial charge >= 0.3 is 0 Å². The first-order chi connectivity index (χ1) is 21.8. The molecule has 0 spiro atoms. The van der Waals surface area contributed by atoms with Gasteiger partial charge in [0.25, 0.3) is 0 Å². The molecule has 9 aromatic rings. The van der Waals surface area contributed by atoms with Crippen molar-refractivity contribution in [3.05, 3.63) is 146 Å². The summed E-state index contributed by atoms with van der Waals surface area (Å²) in [7, 11) is 0. The summed E-state index contributed by atoms with van der Waals surface area (Å²) in [4.78, 5) is 19.3. The highest BCUT2D eigenvalue weighted by molar-refractivity contribution is 6.16. The zero-order valence-electron chi connectivity index (χ0n) is 23.6. The number of para-hydroxylation sites is 6. The normalized spacial score (nSPS) is 11.6. The van der Waals surface area contributed by atoms with Crippen molar-refractivity contribution in [2.75, 3.05) is 4.90 Å². The molecule has 0 aliphatic carbocycles. The second kappa shape index (κ2) is 9.71. The van der Waals surface area contributed by atoms with E-state index in [0.717, 1.165) is 55.2 Å². The zero-order chi connectivity index (χ0) is 29.0. The molecule has 0 saturated heterocycles. The van der Waals surface area contributed by atoms with Gasteiger partial charge in [0.15, 0.2) is 0 Å². The van der Waals surface area contributed by atoms with Crippen LogP contribution in [0.15, 0.2) is 146 Å². The Morgan fingerprint density at radius 1 is 0.500 bits per heavy atom. The average Bonchev–Trinajstić information content (AvgIpc) is 3.79. The fourth-order valence-electron chi connectivity index (χ4n) is 6.40. The Balaban J connectivity index is 1.36. The number of imidazole rings is 2. The molecule has 3 aromatic heterocycles. The summed E-state index contributed by atoms with van der Waals surface area (Å²) >= 11 is 0. The molecule has 6 nitrogen and oxygen atoms in total. The van der Waals surface area contributed by atoms with Gasteiger partial charge in [-0.25, -0.2) is 14.9 Å². The maximum absolute atomic E-state index is 5.05. The van der Waals surface area contributed by atoms with Crippen molar-refractivity contribution in [2.45, 2.75) is 0 Å². The number of hydrogen-bond acceptors (Lipinski definition) is 3. The van der Waals surface area contributed by atoms with Gasteiger partial charge in [-0.1, -0.05) is 97.1 Å². The number of aromatic amines is 2. The predicted octanol–water partition coefficient (Wildman–Crippen LogP) is 9.67. The van der Waals surface area contributed by atoms with Crippen molar-refractivity contribution in [2.24, 2.45) is 0 Å². The Labute approximate surface area is 252 Å². The Hall–Kier alpha value is -6.14. The average molecular weight is 567 g/mol. The van der Waals surface area contributed by atoms with Crippen LogP contribution in [0.5, 0.6) is 0 Å². The van der Waals surface area contributed by atoms with Crippen molar-refractivity contribution in [3.63, 3.8) is 0 Å². The Morgan fingerprint density at radius 3 is 1.82 bits per heavy atom. The van der Waals surface area contributed by atoms with E-state index < -0.39 is 0 Å². The fourth-order valence-corrected chi connectivity index (χ4v) is 6.40. The SMILES string of the molecule is c1ccc(-c2ccccc2-n2c3ccccc3c3c(N(c4nc5ccccc5[nH]4)c4nc5ccccc5[nH]4)cccc32)cc1. The number of aromatic nitrogens is 5. The largest absolute Gasteiger partial charge is 0.323 e. The summed E-state index contributed by atoms with van der Waals surface area (Å²) in [5.74, 6) is 1.39. The summed E-state index contributed by atoms with van der Waals surface area (Å²) in [5, 5.41) is 2.27. The van der Waals surface area contributed by atoms with Crippen molar-refractivity contribution < 1.29 is 0 Å². The van der Waals surface area contributed by atoms with E-state index in [1.54, 1.807) is 0 Å². The van der Waals surface area contributed by atoms with Crippen LogP contribution in [0.25, 0.3) is 60.7 Å². The van der Waals surface area contributed by atoms with E-state index in [1.807, 2.05) is 36.4 Å². The molecule has 2 N–H and O–H groups in total. The van der Waals surface area contributed by atoms with Crippen molar-refractivity contribution in [1.82, 2.24) is 24.5 Å². The molecule has 0 aliphatic heterocycles. The molecule has 0 bridgehead atoms. The zero-order valence-corrected chi connectivity index (χ0v) is 23.6. The van der Waals surface area contributed by atoms with Crippen LogP contribution in [-0.2, 0) is 0 Å². The molecule has 0 unspecified atom stereocenters. The van der Waals surface area contributed by atoms with Crippen LogP contribution in [0.1, 0.15) is 0 Å². The predicted molar refractivity (Wildman–Crippen MR) is 180 cm³/mol. The number of anilines is 3. The molecule has 0 amide bonds. The number of rotatable bonds is 5. The first-order valence-electron chi connectivity index (χ1n) is 14.7. The standard InChI is InChI=1S/C38H26N6/c1-2-13-25(14-3-1)26-15-4-10-21-32(26)43-33-22-11-5-16-27(33)36-34(43)23-12-24-35(36)44(37-39-28-17-6-7-18-29(28)40-37)38-41-30-19-8-9-20-31(30)42-38/h1-24H,(H,39,40)(H,41,42). The third-order valence-electron chi connectivity index (χ3n) is 8.32. The van der Waals surface area contributed by atoms with E-state index in [4.69, 9.17) is 9.97 Å². The summed E-state index contributed by atoms with van der Waals surface area (Å²) in [5.41, 5.74) is 10.4. The van der Waals surface area contributed by atoms with E-state index in [-0.39, 0.29) is 0 Å². The molecule has 0 radical (unpaired) electrons. The maximum Gasteiger partial charge on any atom is 0.215 e. The molecule has 0 aliphatic rings. The van der Waals surface area contributed by atoms with Gasteiger partial charge in [-0.05, 0) is 54.1 Å². The lowest BCUT2D eigenvalue weighted by Gasteiger charge is -2.21. The molecule has 208 valence electrons. The monoisotopic (exact) mass is 566 g/mol. The molecule has 9 rings (SSSR count). The minimum absolute atomic E-state index is 0.694. The number of fused-ring (bicyclic) bond motifs is 5. The van der Waals surface area contributed by atoms with E-state index in [2.05, 4.69) is 129 Å². The minimum atomic E-state index is 0.694. The lowest BCUT2D eigenvalue weighted by atomic mass is 10.0. The fraction of sp³-hybridized carbons (Fsp3) is 0. The Kier molecular flexibility index (Phi) is 5.40. The van der Waals surface area contributed by atoms with E-state index in [0.29, 0.717) is 11.9 Å². The van der Waals surface area contributed by atoms with Gasteiger partial charge in [0, 0.05) is 16.3 Å². The second-order valence-corrected chi connectivity index (χ2v) is 10.9. The Morgan fingerprint density at radius 2 is 1.09 bits per heavy atom. The van der Waals surface area contributed by atoms with Crippen LogP contribution in [0.2, 0.25) is 0 Å². The summed E-state index contributed by atoms with van der Waals surface area (Å²) in [6.45, 7) is 0. The highest BCUT2D eigenvalue weighted by atomic mass is 15.3. The van der Waals surface area contributed by atoms with Gasteiger partial charge in [-0.3, -0.25) is 0 Å². The number of nitrogens with zero attached hydrogens (tertiary/aromatic N) is 4. The topological polar surface area (TPSA) is 65.5 Å². The van der Waals surface area contributed by atoms with Crippen LogP contribution in [-0.4, -0.2) is 24.5 Å². The van der Waals surface area contributed by atoms with Gasteiger partial charge in [0.2, 0.25) is 11.9 Å². The molecular weight excluding hydrogens is 540 g/mol. The number of nitrogens with one attached hydrogen (secondary N) is 2. The smallest absolute Gasteiger partial charge is 0.215 e. The molecule has 44 heavy (non-hydrogen) atoms. The summed E-state index contributed by atoms with van der Waals surface area (Å²) in [6.07, 6.45) is 0. The van der Waals surface area contributed by atoms with Gasteiger partial charge < -0.3 is 14.5 Å². The van der Waals surface area contributed by atoms with Crippen LogP contribution in [0.3, 0.4) is 0 Å². The minimum Gasteiger partial charge on any atom is -0.323 e. The third-order valence-corrected chi connectivity index (χ3v) is 8.32. The van der Waals surface area contributed by atoms with E-state index in [9.17, 15) is 0 Å². The van der Waals surface area contributed by atoms with Crippen molar-refractivity contribution in [1.29, 1.82) is 0 Å². The lowest BCUT2D eigenvalue weighted by Crippen LogP contribution is -2.13. The van der Waals surface area contributed by atoms with Crippen LogP contribution in [0, 0.1) is 0 Å². The van der Waals surface area contributed by atoms with E-state index >= 15 is 0 Å². The molecular formula is C38H26N6. The van der Waals surface area contributed by atoms with Crippen molar-refractivity contribution in [3.8, 4) is 16.8 Å². The first kappa shape index (κ1) is 24.5. The molecule has 3 heterocycles. The summed E-state index contributed by atoms with van der Waals surface area (Å²) < 4.78 is 2.38. The quantitative estimate of drug-likeness (QED) is 0.218. The molecule has 0 saturated carbocycles. The van der Waals surface area contributed by atoms with Crippen molar-refractivity contribution >= 4 is 61.5 Å². The number of benzene rings is 6. The van der Waals surface area contributed by atoms with Crippen LogP contribution in [0.4, 0.5) is 17.6 Å². The van der Waals surface area contributed by atoms with Crippen LogP contribution >= 0.6 is 0 Å². The highest BCUT2D eigenvalue weighted by Crippen LogP contribution is 2.44. The number of hydrogen-bond donors (Lipinski definition) is 2. The van der Waals surface area contributed by atoms with Crippen LogP contribution < -0.4 is 4.90 Å². The maximum atomic E-state index is 5.05. The van der Waals surface area contributed by atoms with Gasteiger partial charge in [0.05, 0.1) is 44.5 Å². The lowest BCUT2D eigenvalue weighted by molar-refractivity contribution is 1.10. The molecule has 0 fully saturated rings. The van der Waals surface area contributed by atoms with Gasteiger partial charge in [0.1, 0.15) is 0 Å². The molecule has 0 atom stereocenters. The first-order valence-corrected chi connectivity index (χ1v) is 14.7. The van der Waals surface area contributed by atoms with Gasteiger partial charge in [-0.2, -0.15) is 0 Å². The molecule has 6 heteroatoms. The Bertz CT molecular complexity index is 2330. The van der Waals surface area contributed by atoms with E-state index in [1.165, 1.54) is 11.1 Å². The molecule has 6 aromatic carbocycles. The second-order valence-electron chi connectivity index (χ2n) is 10.9. The third kappa shape index (κ3) is 3.75.